The number of hydrogen-bond donors (Lipinski definition) is 1. The van der Waals surface area contributed by atoms with Crippen LogP contribution in [-0.4, -0.2) is 16.7 Å². The maximum Gasteiger partial charge on any atom is 0.241 e. The molecule has 0 atom stereocenters. The lowest BCUT2D eigenvalue weighted by atomic mass is 9.95. The maximum absolute atomic E-state index is 12.9. The van der Waals surface area contributed by atoms with Gasteiger partial charge in [0.1, 0.15) is 5.82 Å². The van der Waals surface area contributed by atoms with Crippen molar-refractivity contribution in [2.75, 3.05) is 0 Å². The Morgan fingerprint density at radius 1 is 1.11 bits per heavy atom. The molecule has 1 aliphatic rings. The minimum Gasteiger partial charge on any atom is -0.344 e. The fourth-order valence-corrected chi connectivity index (χ4v) is 3.84. The maximum atomic E-state index is 12.9. The van der Waals surface area contributed by atoms with Gasteiger partial charge in [0.25, 0.3) is 0 Å². The third-order valence-corrected chi connectivity index (χ3v) is 5.12. The molecule has 27 heavy (non-hydrogen) atoms. The molecule has 5 heteroatoms. The Hall–Kier alpha value is -2.95. The zero-order valence-corrected chi connectivity index (χ0v) is 15.1. The lowest BCUT2D eigenvalue weighted by Gasteiger charge is -2.15. The Morgan fingerprint density at radius 3 is 2.74 bits per heavy atom. The molecule has 1 N–H and O–H groups in total. The Kier molecular flexibility index (Phi) is 5.01. The molecule has 0 saturated carbocycles. The summed E-state index contributed by atoms with van der Waals surface area (Å²) in [6, 6.07) is 14.4. The van der Waals surface area contributed by atoms with Gasteiger partial charge in [-0.1, -0.05) is 30.3 Å². The summed E-state index contributed by atoms with van der Waals surface area (Å²) in [4.78, 5) is 12.2. The monoisotopic (exact) mass is 363 g/mol. The molecular weight excluding hydrogens is 341 g/mol. The van der Waals surface area contributed by atoms with Crippen LogP contribution in [0.25, 0.3) is 10.9 Å². The van der Waals surface area contributed by atoms with Gasteiger partial charge in [0, 0.05) is 29.6 Å². The van der Waals surface area contributed by atoms with Crippen molar-refractivity contribution in [3.63, 3.8) is 0 Å². The van der Waals surface area contributed by atoms with E-state index in [0.717, 1.165) is 18.4 Å². The Labute approximate surface area is 157 Å². The number of rotatable bonds is 5. The third-order valence-electron chi connectivity index (χ3n) is 5.12. The average Bonchev–Trinajstić information content (AvgIpc) is 3.02. The molecule has 0 fully saturated rings. The number of hydrogen-bond acceptors (Lipinski definition) is 2. The molecule has 3 aromatic rings. The molecule has 0 radical (unpaired) electrons. The van der Waals surface area contributed by atoms with Crippen molar-refractivity contribution in [3.8, 4) is 0 Å². The summed E-state index contributed by atoms with van der Waals surface area (Å²) in [5.41, 5.74) is 7.34. The number of carbonyl (C=O) groups excluding carboxylic acids is 1. The Morgan fingerprint density at radius 2 is 1.89 bits per heavy atom. The van der Waals surface area contributed by atoms with Crippen molar-refractivity contribution in [1.82, 2.24) is 9.99 Å². The van der Waals surface area contributed by atoms with E-state index in [1.807, 2.05) is 0 Å². The number of fused-ring (bicyclic) bond motifs is 3. The third kappa shape index (κ3) is 3.77. The van der Waals surface area contributed by atoms with Gasteiger partial charge in [0.2, 0.25) is 5.91 Å². The molecule has 1 aliphatic carbocycles. The van der Waals surface area contributed by atoms with Crippen molar-refractivity contribution >= 4 is 23.0 Å². The topological polar surface area (TPSA) is 46.4 Å². The van der Waals surface area contributed by atoms with Gasteiger partial charge in [-0.25, -0.2) is 9.82 Å². The highest BCUT2D eigenvalue weighted by Crippen LogP contribution is 2.32. The lowest BCUT2D eigenvalue weighted by Crippen LogP contribution is -2.20. The number of nitrogens with zero attached hydrogens (tertiary/aromatic N) is 2. The van der Waals surface area contributed by atoms with E-state index in [1.165, 1.54) is 53.3 Å². The molecule has 0 aliphatic heterocycles. The van der Waals surface area contributed by atoms with Gasteiger partial charge < -0.3 is 4.57 Å². The molecule has 1 amide bonds. The highest BCUT2D eigenvalue weighted by atomic mass is 19.1. The molecule has 0 bridgehead atoms. The SMILES string of the molecule is O=C(CCn1c2c(c3ccccc31)CCCC2)NN=Cc1ccc(F)cc1. The summed E-state index contributed by atoms with van der Waals surface area (Å²) in [7, 11) is 0. The number of aryl methyl sites for hydroxylation is 2. The second kappa shape index (κ2) is 7.74. The van der Waals surface area contributed by atoms with Crippen molar-refractivity contribution in [1.29, 1.82) is 0 Å². The van der Waals surface area contributed by atoms with Crippen LogP contribution in [0.15, 0.2) is 53.6 Å². The van der Waals surface area contributed by atoms with Crippen LogP contribution in [0.1, 0.15) is 36.1 Å². The number of aromatic nitrogens is 1. The highest BCUT2D eigenvalue weighted by Gasteiger charge is 2.19. The molecule has 1 heterocycles. The molecule has 138 valence electrons. The van der Waals surface area contributed by atoms with Gasteiger partial charge in [-0.3, -0.25) is 4.79 Å². The second-order valence-electron chi connectivity index (χ2n) is 6.90. The van der Waals surface area contributed by atoms with Crippen LogP contribution in [0.4, 0.5) is 4.39 Å². The molecule has 1 aromatic heterocycles. The van der Waals surface area contributed by atoms with Crippen molar-refractivity contribution in [2.24, 2.45) is 5.10 Å². The molecule has 0 spiro atoms. The first-order chi connectivity index (χ1) is 13.2. The minimum atomic E-state index is -0.293. The summed E-state index contributed by atoms with van der Waals surface area (Å²) >= 11 is 0. The molecular formula is C22H22FN3O. The van der Waals surface area contributed by atoms with E-state index in [9.17, 15) is 9.18 Å². The number of amides is 1. The normalized spacial score (nSPS) is 13.8. The standard InChI is InChI=1S/C22H22FN3O/c23-17-11-9-16(10-12-17)15-24-25-22(27)13-14-26-20-7-3-1-5-18(20)19-6-2-4-8-21(19)26/h1,3,5,7,9-12,15H,2,4,6,8,13-14H2,(H,25,27). The first-order valence-electron chi connectivity index (χ1n) is 9.39. The first kappa shape index (κ1) is 17.5. The number of para-hydroxylation sites is 1. The van der Waals surface area contributed by atoms with E-state index in [-0.39, 0.29) is 11.7 Å². The van der Waals surface area contributed by atoms with E-state index in [1.54, 1.807) is 12.1 Å². The van der Waals surface area contributed by atoms with Crippen LogP contribution in [0.3, 0.4) is 0 Å². The summed E-state index contributed by atoms with van der Waals surface area (Å²) in [6.45, 7) is 0.647. The second-order valence-corrected chi connectivity index (χ2v) is 6.90. The van der Waals surface area contributed by atoms with Gasteiger partial charge in [-0.2, -0.15) is 5.10 Å². The average molecular weight is 363 g/mol. The largest absolute Gasteiger partial charge is 0.344 e. The zero-order valence-electron chi connectivity index (χ0n) is 15.1. The van der Waals surface area contributed by atoms with Gasteiger partial charge in [0.05, 0.1) is 6.21 Å². The summed E-state index contributed by atoms with van der Waals surface area (Å²) in [5, 5.41) is 5.29. The lowest BCUT2D eigenvalue weighted by molar-refractivity contribution is -0.121. The van der Waals surface area contributed by atoms with E-state index in [4.69, 9.17) is 0 Å². The van der Waals surface area contributed by atoms with Crippen molar-refractivity contribution in [2.45, 2.75) is 38.6 Å². The first-order valence-corrected chi connectivity index (χ1v) is 9.39. The number of halogens is 1. The van der Waals surface area contributed by atoms with Crippen LogP contribution < -0.4 is 5.43 Å². The highest BCUT2D eigenvalue weighted by molar-refractivity contribution is 5.86. The van der Waals surface area contributed by atoms with Crippen LogP contribution >= 0.6 is 0 Å². The predicted octanol–water partition coefficient (Wildman–Crippen LogP) is 4.20. The fraction of sp³-hybridized carbons (Fsp3) is 0.273. The fourth-order valence-electron chi connectivity index (χ4n) is 3.84. The number of benzene rings is 2. The van der Waals surface area contributed by atoms with Crippen LogP contribution in [-0.2, 0) is 24.2 Å². The summed E-state index contributed by atoms with van der Waals surface area (Å²) < 4.78 is 15.2. The van der Waals surface area contributed by atoms with E-state index < -0.39 is 0 Å². The molecule has 0 unspecified atom stereocenters. The van der Waals surface area contributed by atoms with Crippen LogP contribution in [0.2, 0.25) is 0 Å². The van der Waals surface area contributed by atoms with Gasteiger partial charge in [0.15, 0.2) is 0 Å². The van der Waals surface area contributed by atoms with Crippen LogP contribution in [0, 0.1) is 5.82 Å². The summed E-state index contributed by atoms with van der Waals surface area (Å²) in [6.07, 6.45) is 6.53. The predicted molar refractivity (Wildman–Crippen MR) is 105 cm³/mol. The molecule has 4 nitrogen and oxygen atoms in total. The zero-order chi connectivity index (χ0) is 18.6. The van der Waals surface area contributed by atoms with Gasteiger partial charge in [-0.05, 0) is 55.0 Å². The minimum absolute atomic E-state index is 0.129. The smallest absolute Gasteiger partial charge is 0.241 e. The van der Waals surface area contributed by atoms with E-state index in [0.29, 0.717) is 13.0 Å². The van der Waals surface area contributed by atoms with Crippen molar-refractivity contribution < 1.29 is 9.18 Å². The Balaban J connectivity index is 1.43. The quantitative estimate of drug-likeness (QED) is 0.536. The van der Waals surface area contributed by atoms with Crippen molar-refractivity contribution in [3.05, 3.63) is 71.2 Å². The van der Waals surface area contributed by atoms with E-state index >= 15 is 0 Å². The van der Waals surface area contributed by atoms with Crippen LogP contribution in [0.5, 0.6) is 0 Å². The van der Waals surface area contributed by atoms with Gasteiger partial charge >= 0.3 is 0 Å². The number of hydrazone groups is 1. The van der Waals surface area contributed by atoms with Gasteiger partial charge in [-0.15, -0.1) is 0 Å². The molecule has 0 saturated heterocycles. The number of nitrogens with one attached hydrogen (secondary N) is 1. The molecule has 4 rings (SSSR count). The Bertz CT molecular complexity index is 989. The van der Waals surface area contributed by atoms with E-state index in [2.05, 4.69) is 39.4 Å². The summed E-state index contributed by atoms with van der Waals surface area (Å²) in [5.74, 6) is -0.422. The number of carbonyl (C=O) groups is 1. The molecule has 2 aromatic carbocycles.